The van der Waals surface area contributed by atoms with Gasteiger partial charge < -0.3 is 19.6 Å². The number of benzene rings is 1. The lowest BCUT2D eigenvalue weighted by molar-refractivity contribution is -0.0314. The molecule has 174 valence electrons. The summed E-state index contributed by atoms with van der Waals surface area (Å²) in [6, 6.07) is 7.91. The van der Waals surface area contributed by atoms with Crippen LogP contribution in [-0.4, -0.2) is 59.4 Å². The minimum atomic E-state index is -0.523. The lowest BCUT2D eigenvalue weighted by Crippen LogP contribution is -2.45. The molecule has 1 aliphatic carbocycles. The van der Waals surface area contributed by atoms with Crippen LogP contribution in [0.25, 0.3) is 27.8 Å². The Morgan fingerprint density at radius 1 is 1.18 bits per heavy atom. The maximum atomic E-state index is 10.3. The Kier molecular flexibility index (Phi) is 5.04. The van der Waals surface area contributed by atoms with E-state index in [9.17, 15) is 5.11 Å². The minimum Gasteiger partial charge on any atom is -0.496 e. The maximum Gasteiger partial charge on any atom is 0.137 e. The average molecular weight is 459 g/mol. The number of nitrogens with zero attached hydrogens (tertiary/aromatic N) is 5. The molecule has 1 saturated carbocycles. The molecule has 34 heavy (non-hydrogen) atoms. The van der Waals surface area contributed by atoms with E-state index < -0.39 is 5.60 Å². The number of rotatable bonds is 8. The largest absolute Gasteiger partial charge is 0.496 e. The van der Waals surface area contributed by atoms with E-state index in [0.29, 0.717) is 25.3 Å². The zero-order valence-electron chi connectivity index (χ0n) is 18.9. The van der Waals surface area contributed by atoms with Gasteiger partial charge >= 0.3 is 0 Å². The molecule has 1 aromatic carbocycles. The fourth-order valence-corrected chi connectivity index (χ4v) is 4.64. The molecule has 10 heteroatoms. The fourth-order valence-electron chi connectivity index (χ4n) is 4.64. The molecule has 0 radical (unpaired) electrons. The van der Waals surface area contributed by atoms with E-state index in [4.69, 9.17) is 9.72 Å². The Balaban J connectivity index is 1.25. The number of ether oxygens (including phenoxy) is 1. The van der Waals surface area contributed by atoms with Crippen molar-refractivity contribution in [2.45, 2.75) is 37.8 Å². The predicted molar refractivity (Wildman–Crippen MR) is 127 cm³/mol. The van der Waals surface area contributed by atoms with Crippen LogP contribution in [0.3, 0.4) is 0 Å². The summed E-state index contributed by atoms with van der Waals surface area (Å²) in [5, 5.41) is 33.3. The molecule has 10 nitrogen and oxygen atoms in total. The molecule has 0 atom stereocenters. The van der Waals surface area contributed by atoms with Gasteiger partial charge in [-0.05, 0) is 43.0 Å². The topological polar surface area (TPSA) is 129 Å². The summed E-state index contributed by atoms with van der Waals surface area (Å²) in [6.45, 7) is 1.33. The van der Waals surface area contributed by atoms with E-state index >= 15 is 0 Å². The van der Waals surface area contributed by atoms with Crippen LogP contribution < -0.4 is 10.1 Å². The zero-order chi connectivity index (χ0) is 23.1. The summed E-state index contributed by atoms with van der Waals surface area (Å²) >= 11 is 0. The van der Waals surface area contributed by atoms with Crippen molar-refractivity contribution in [3.8, 4) is 17.0 Å². The van der Waals surface area contributed by atoms with E-state index in [2.05, 4.69) is 43.2 Å². The quantitative estimate of drug-likeness (QED) is 0.281. The van der Waals surface area contributed by atoms with Gasteiger partial charge in [0, 0.05) is 37.3 Å². The molecular formula is C24H26N8O2. The first-order chi connectivity index (χ1) is 16.6. The second-order valence-electron chi connectivity index (χ2n) is 8.99. The highest BCUT2D eigenvalue weighted by molar-refractivity contribution is 5.97. The van der Waals surface area contributed by atoms with Crippen LogP contribution in [0.5, 0.6) is 5.75 Å². The van der Waals surface area contributed by atoms with Gasteiger partial charge in [0.1, 0.15) is 17.1 Å². The summed E-state index contributed by atoms with van der Waals surface area (Å²) in [4.78, 5) is 4.77. The maximum absolute atomic E-state index is 10.3. The van der Waals surface area contributed by atoms with Crippen molar-refractivity contribution in [1.82, 2.24) is 40.3 Å². The van der Waals surface area contributed by atoms with Crippen LogP contribution in [0.4, 0.5) is 0 Å². The van der Waals surface area contributed by atoms with Crippen molar-refractivity contribution in [1.29, 1.82) is 0 Å². The van der Waals surface area contributed by atoms with Crippen LogP contribution >= 0.6 is 0 Å². The molecule has 4 heterocycles. The summed E-state index contributed by atoms with van der Waals surface area (Å²) in [5.41, 5.74) is 5.64. The standard InChI is InChI=1S/C24H26N8O2/c1-34-20-5-4-18-17(11-26-28-18)22(20)23-19(29-31-30-23)9-16-13-32-12-15(3-6-21(32)27-16)10-25-14-24(33)7-2-8-24/h3-6,11-13,25,33H,2,7-10,14H2,1H3,(H,26,28)(H,29,30,31). The fraction of sp³-hybridized carbons (Fsp3) is 0.333. The summed E-state index contributed by atoms with van der Waals surface area (Å²) in [6.07, 6.45) is 9.26. The first-order valence-corrected chi connectivity index (χ1v) is 11.4. The van der Waals surface area contributed by atoms with Gasteiger partial charge in [-0.25, -0.2) is 4.98 Å². The van der Waals surface area contributed by atoms with Crippen LogP contribution in [0, 0.1) is 0 Å². The van der Waals surface area contributed by atoms with Crippen LogP contribution in [0.2, 0.25) is 0 Å². The van der Waals surface area contributed by atoms with Gasteiger partial charge in [0.15, 0.2) is 0 Å². The van der Waals surface area contributed by atoms with E-state index in [1.165, 1.54) is 0 Å². The molecule has 6 rings (SSSR count). The smallest absolute Gasteiger partial charge is 0.137 e. The number of methoxy groups -OCH3 is 1. The second-order valence-corrected chi connectivity index (χ2v) is 8.99. The van der Waals surface area contributed by atoms with Crippen LogP contribution in [0.15, 0.2) is 42.9 Å². The Labute approximate surface area is 195 Å². The second kappa shape index (κ2) is 8.23. The monoisotopic (exact) mass is 458 g/mol. The Bertz CT molecular complexity index is 1460. The molecule has 0 bridgehead atoms. The number of hydrogen-bond donors (Lipinski definition) is 4. The molecule has 0 aliphatic heterocycles. The molecular weight excluding hydrogens is 432 g/mol. The van der Waals surface area contributed by atoms with Gasteiger partial charge in [-0.2, -0.15) is 20.5 Å². The van der Waals surface area contributed by atoms with Crippen molar-refractivity contribution in [3.63, 3.8) is 0 Å². The summed E-state index contributed by atoms with van der Waals surface area (Å²) < 4.78 is 7.64. The number of imidazole rings is 1. The number of pyridine rings is 1. The first-order valence-electron chi connectivity index (χ1n) is 11.4. The number of aromatic nitrogens is 7. The number of fused-ring (bicyclic) bond motifs is 2. The molecule has 0 unspecified atom stereocenters. The lowest BCUT2D eigenvalue weighted by atomic mass is 9.80. The third-order valence-electron chi connectivity index (χ3n) is 6.64. The highest BCUT2D eigenvalue weighted by Crippen LogP contribution is 2.37. The zero-order valence-corrected chi connectivity index (χ0v) is 18.9. The normalized spacial score (nSPS) is 15.1. The van der Waals surface area contributed by atoms with Gasteiger partial charge in [-0.3, -0.25) is 5.10 Å². The highest BCUT2D eigenvalue weighted by Gasteiger charge is 2.33. The molecule has 4 N–H and O–H groups in total. The Hall–Kier alpha value is -3.76. The van der Waals surface area contributed by atoms with Crippen molar-refractivity contribution in [3.05, 3.63) is 59.8 Å². The van der Waals surface area contributed by atoms with E-state index in [-0.39, 0.29) is 0 Å². The summed E-state index contributed by atoms with van der Waals surface area (Å²) in [7, 11) is 1.64. The molecule has 4 aromatic heterocycles. The summed E-state index contributed by atoms with van der Waals surface area (Å²) in [5.74, 6) is 0.711. The van der Waals surface area contributed by atoms with Gasteiger partial charge in [0.2, 0.25) is 0 Å². The number of aromatic amines is 2. The molecule has 1 fully saturated rings. The van der Waals surface area contributed by atoms with Crippen molar-refractivity contribution in [2.24, 2.45) is 0 Å². The van der Waals surface area contributed by atoms with Gasteiger partial charge in [0.25, 0.3) is 0 Å². The van der Waals surface area contributed by atoms with Gasteiger partial charge in [-0.1, -0.05) is 6.07 Å². The minimum absolute atomic E-state index is 0.519. The number of nitrogens with one attached hydrogen (secondary N) is 3. The molecule has 1 aliphatic rings. The third-order valence-corrected chi connectivity index (χ3v) is 6.64. The Morgan fingerprint density at radius 3 is 2.91 bits per heavy atom. The molecule has 0 saturated heterocycles. The number of H-pyrrole nitrogens is 2. The number of aliphatic hydroxyl groups is 1. The van der Waals surface area contributed by atoms with Crippen molar-refractivity contribution in [2.75, 3.05) is 13.7 Å². The highest BCUT2D eigenvalue weighted by atomic mass is 16.5. The molecule has 0 spiro atoms. The first kappa shape index (κ1) is 20.8. The van der Waals surface area contributed by atoms with Crippen molar-refractivity contribution < 1.29 is 9.84 Å². The number of hydrogen-bond acceptors (Lipinski definition) is 7. The SMILES string of the molecule is COc1ccc2[nH]ncc2c1-c1n[nH]nc1Cc1cn2cc(CNCC3(O)CCC3)ccc2n1. The van der Waals surface area contributed by atoms with Crippen LogP contribution in [-0.2, 0) is 13.0 Å². The predicted octanol–water partition coefficient (Wildman–Crippen LogP) is 2.60. The Morgan fingerprint density at radius 2 is 2.09 bits per heavy atom. The molecule has 0 amide bonds. The molecule has 5 aromatic rings. The van der Waals surface area contributed by atoms with Crippen molar-refractivity contribution >= 4 is 16.6 Å². The third kappa shape index (κ3) is 3.70. The lowest BCUT2D eigenvalue weighted by Gasteiger charge is -2.36. The average Bonchev–Trinajstić information content (AvgIpc) is 3.56. The van der Waals surface area contributed by atoms with Gasteiger partial charge in [0.05, 0.1) is 41.4 Å². The van der Waals surface area contributed by atoms with Gasteiger partial charge in [-0.15, -0.1) is 0 Å². The van der Waals surface area contributed by atoms with E-state index in [1.54, 1.807) is 13.3 Å². The van der Waals surface area contributed by atoms with E-state index in [0.717, 1.165) is 64.0 Å². The van der Waals surface area contributed by atoms with Crippen LogP contribution in [0.1, 0.15) is 36.2 Å². The van der Waals surface area contributed by atoms with E-state index in [1.807, 2.05) is 28.8 Å².